The van der Waals surface area contributed by atoms with Crippen LogP contribution in [-0.4, -0.2) is 96.0 Å². The lowest BCUT2D eigenvalue weighted by Gasteiger charge is -2.40. The fraction of sp³-hybridized carbons (Fsp3) is 0.800. The number of hydrogen-bond acceptors (Lipinski definition) is 11. The van der Waals surface area contributed by atoms with Crippen LogP contribution in [0.4, 0.5) is 0 Å². The summed E-state index contributed by atoms with van der Waals surface area (Å²) < 4.78 is 54.0. The Morgan fingerprint density at radius 1 is 0.638 bits per heavy atom. The van der Waals surface area contributed by atoms with Gasteiger partial charge in [0.1, 0.15) is 36.8 Å². The minimum absolute atomic E-state index is 0.140. The Bertz CT molecular complexity index is 1280. The van der Waals surface area contributed by atoms with E-state index in [4.69, 9.17) is 18.9 Å². The quantitative estimate of drug-likeness (QED) is 0.0155. The molecule has 1 rings (SSSR count). The van der Waals surface area contributed by atoms with Crippen LogP contribution in [0.25, 0.3) is 0 Å². The zero-order valence-corrected chi connectivity index (χ0v) is 36.5. The largest absolute Gasteiger partial charge is 0.462 e. The second-order valence-electron chi connectivity index (χ2n) is 15.5. The summed E-state index contributed by atoms with van der Waals surface area (Å²) >= 11 is 0. The molecule has 0 spiro atoms. The van der Waals surface area contributed by atoms with Crippen molar-refractivity contribution < 1.29 is 56.8 Å². The number of aliphatic hydroxyl groups is 3. The van der Waals surface area contributed by atoms with E-state index >= 15 is 0 Å². The highest BCUT2D eigenvalue weighted by Crippen LogP contribution is 2.24. The Morgan fingerprint density at radius 3 is 1.67 bits per heavy atom. The molecule has 1 saturated heterocycles. The van der Waals surface area contributed by atoms with Crippen molar-refractivity contribution in [3.63, 3.8) is 0 Å². The van der Waals surface area contributed by atoms with Gasteiger partial charge in [-0.2, -0.15) is 8.42 Å². The highest BCUT2D eigenvalue weighted by molar-refractivity contribution is 7.85. The van der Waals surface area contributed by atoms with Crippen molar-refractivity contribution in [3.8, 4) is 0 Å². The van der Waals surface area contributed by atoms with Crippen LogP contribution in [0.2, 0.25) is 0 Å². The van der Waals surface area contributed by atoms with Crippen LogP contribution >= 0.6 is 0 Å². The summed E-state index contributed by atoms with van der Waals surface area (Å²) in [5, 5.41) is 30.8. The molecule has 2 unspecified atom stereocenters. The van der Waals surface area contributed by atoms with E-state index in [1.807, 2.05) is 0 Å². The molecule has 0 saturated carbocycles. The van der Waals surface area contributed by atoms with E-state index in [1.54, 1.807) is 0 Å². The predicted molar refractivity (Wildman–Crippen MR) is 228 cm³/mol. The van der Waals surface area contributed by atoms with Gasteiger partial charge in [0.05, 0.1) is 6.61 Å². The third-order valence-electron chi connectivity index (χ3n) is 9.99. The maximum absolute atomic E-state index is 12.8. The van der Waals surface area contributed by atoms with Gasteiger partial charge in [0.25, 0.3) is 10.1 Å². The summed E-state index contributed by atoms with van der Waals surface area (Å²) in [5.41, 5.74) is 3.27. The molecule has 1 aliphatic rings. The first-order chi connectivity index (χ1) is 28.0. The summed E-state index contributed by atoms with van der Waals surface area (Å²) in [4.78, 5) is 25.4. The van der Waals surface area contributed by atoms with Crippen LogP contribution in [0.5, 0.6) is 0 Å². The van der Waals surface area contributed by atoms with Gasteiger partial charge in [-0.3, -0.25) is 14.1 Å². The van der Waals surface area contributed by atoms with Crippen molar-refractivity contribution in [2.45, 2.75) is 211 Å². The molecule has 0 amide bonds. The molecule has 0 aromatic rings. The first-order valence-electron chi connectivity index (χ1n) is 22.3. The van der Waals surface area contributed by atoms with Gasteiger partial charge in [-0.25, -0.2) is 0 Å². The van der Waals surface area contributed by atoms with Gasteiger partial charge in [-0.05, 0) is 76.4 Å². The zero-order valence-electron chi connectivity index (χ0n) is 35.7. The van der Waals surface area contributed by atoms with E-state index in [0.29, 0.717) is 12.8 Å². The molecule has 336 valence electrons. The molecular weight excluding hydrogens is 765 g/mol. The topological polar surface area (TPSA) is 186 Å². The van der Waals surface area contributed by atoms with Crippen LogP contribution < -0.4 is 0 Å². The maximum Gasteiger partial charge on any atom is 0.306 e. The second kappa shape index (κ2) is 35.4. The molecular formula is C45H78O12S. The predicted octanol–water partition coefficient (Wildman–Crippen LogP) is 8.77. The molecule has 1 fully saturated rings. The van der Waals surface area contributed by atoms with E-state index in [-0.39, 0.29) is 19.4 Å². The number of carbonyl (C=O) groups is 2. The van der Waals surface area contributed by atoms with Crippen LogP contribution in [0.1, 0.15) is 174 Å². The van der Waals surface area contributed by atoms with Crippen molar-refractivity contribution in [2.75, 3.05) is 19.0 Å². The summed E-state index contributed by atoms with van der Waals surface area (Å²) in [6.45, 7) is 3.68. The van der Waals surface area contributed by atoms with E-state index < -0.39 is 71.2 Å². The normalized spacial score (nSPS) is 20.3. The molecule has 1 aliphatic heterocycles. The lowest BCUT2D eigenvalue weighted by molar-refractivity contribution is -0.297. The minimum Gasteiger partial charge on any atom is -0.462 e. The Balaban J connectivity index is 2.49. The molecule has 0 aromatic heterocycles. The average Bonchev–Trinajstić information content (AvgIpc) is 3.18. The molecule has 12 nitrogen and oxygen atoms in total. The number of hydrogen-bond donors (Lipinski definition) is 4. The first kappa shape index (κ1) is 53.7. The molecule has 0 aromatic carbocycles. The van der Waals surface area contributed by atoms with Gasteiger partial charge < -0.3 is 34.3 Å². The molecule has 0 radical (unpaired) electrons. The Kier molecular flexibility index (Phi) is 32.8. The lowest BCUT2D eigenvalue weighted by atomic mass is 10.00. The number of aliphatic hydroxyl groups excluding tert-OH is 3. The number of ether oxygens (including phenoxy) is 4. The molecule has 0 aliphatic carbocycles. The molecule has 58 heavy (non-hydrogen) atoms. The fourth-order valence-electron chi connectivity index (χ4n) is 6.47. The summed E-state index contributed by atoms with van der Waals surface area (Å²) in [6, 6.07) is 0. The van der Waals surface area contributed by atoms with E-state index in [2.05, 4.69) is 56.0 Å². The molecule has 6 atom stereocenters. The van der Waals surface area contributed by atoms with Gasteiger partial charge in [-0.1, -0.05) is 122 Å². The van der Waals surface area contributed by atoms with Crippen molar-refractivity contribution in [1.29, 1.82) is 0 Å². The van der Waals surface area contributed by atoms with Gasteiger partial charge in [0.2, 0.25) is 0 Å². The van der Waals surface area contributed by atoms with Crippen LogP contribution in [0, 0.1) is 0 Å². The van der Waals surface area contributed by atoms with E-state index in [1.165, 1.54) is 57.8 Å². The smallest absolute Gasteiger partial charge is 0.306 e. The summed E-state index contributed by atoms with van der Waals surface area (Å²) in [6.07, 6.45) is 28.2. The Morgan fingerprint density at radius 2 is 1.12 bits per heavy atom. The third kappa shape index (κ3) is 29.8. The Hall–Kier alpha value is -2.35. The molecule has 4 N–H and O–H groups in total. The summed E-state index contributed by atoms with van der Waals surface area (Å²) in [7, 11) is -4.61. The van der Waals surface area contributed by atoms with Gasteiger partial charge in [-0.15, -0.1) is 5.73 Å². The molecule has 0 bridgehead atoms. The number of allylic oxidation sites excluding steroid dienone is 5. The molecule has 1 heterocycles. The second-order valence-corrected chi connectivity index (χ2v) is 17.0. The zero-order chi connectivity index (χ0) is 42.7. The van der Waals surface area contributed by atoms with Crippen molar-refractivity contribution in [2.24, 2.45) is 0 Å². The minimum atomic E-state index is -4.61. The lowest BCUT2D eigenvalue weighted by Crippen LogP contribution is -2.60. The van der Waals surface area contributed by atoms with Crippen LogP contribution in [0.3, 0.4) is 0 Å². The highest BCUT2D eigenvalue weighted by Gasteiger charge is 2.46. The van der Waals surface area contributed by atoms with Crippen molar-refractivity contribution in [1.82, 2.24) is 0 Å². The van der Waals surface area contributed by atoms with Crippen molar-refractivity contribution >= 4 is 22.1 Å². The van der Waals surface area contributed by atoms with Gasteiger partial charge >= 0.3 is 11.9 Å². The van der Waals surface area contributed by atoms with Crippen LogP contribution in [-0.2, 0) is 38.7 Å². The number of unbranched alkanes of at least 4 members (excludes halogenated alkanes) is 19. The molecule has 13 heteroatoms. The number of carbonyl (C=O) groups excluding carboxylic acids is 2. The number of rotatable bonds is 36. The standard InChI is InChI=1S/C45H78O12S/c1-3-5-7-9-11-13-15-17-19-21-23-25-27-29-31-33-40(46)54-35-38(36-55-45-44(50)43(49)42(48)39(57-45)37-58(51,52)53)56-41(47)34-32-30-28-26-24-22-20-18-16-14-12-10-8-6-4-2/h13,15-17,19-20,38-39,42-45,48-50H,3-12,14,21-37H2,1-2H3,(H,51,52,53)/b15-13+,19-17+/t18?,38-,39-,42-,43?,44?,45+/m1/s1. The summed E-state index contributed by atoms with van der Waals surface area (Å²) in [5.74, 6) is -2.03. The van der Waals surface area contributed by atoms with Crippen molar-refractivity contribution in [3.05, 3.63) is 42.2 Å². The SMILES string of the molecule is CCCCCC/C=C/C=C/CCCCCCCC(=O)OC[C@H](CO[C@H]1O[C@H](CS(=O)(=O)O)[C@@H](O)C(O)C1O)OC(=O)CCCCCCCC=C=CCCCCCCC. The van der Waals surface area contributed by atoms with E-state index in [0.717, 1.165) is 77.0 Å². The highest BCUT2D eigenvalue weighted by atomic mass is 32.2. The number of esters is 2. The monoisotopic (exact) mass is 843 g/mol. The fourth-order valence-corrected chi connectivity index (χ4v) is 7.16. The van der Waals surface area contributed by atoms with Crippen LogP contribution in [0.15, 0.2) is 42.2 Å². The van der Waals surface area contributed by atoms with Gasteiger partial charge in [0, 0.05) is 12.8 Å². The van der Waals surface area contributed by atoms with Gasteiger partial charge in [0.15, 0.2) is 12.4 Å². The third-order valence-corrected chi connectivity index (χ3v) is 10.7. The average molecular weight is 843 g/mol. The first-order valence-corrected chi connectivity index (χ1v) is 23.9. The van der Waals surface area contributed by atoms with E-state index in [9.17, 15) is 37.9 Å². The maximum atomic E-state index is 12.8. The Labute approximate surface area is 350 Å².